The Hall–Kier alpha value is -2.71. The number of sulfonamides is 1. The summed E-state index contributed by atoms with van der Waals surface area (Å²) in [6.45, 7) is 0.281. The SMILES string of the molecule is O=C(Nc1ccc(S(=O)(=O)NCCc2ccccc2)cc1)[C@H]1CCCC[C@H]1C(=O)O. The average Bonchev–Trinajstić information content (AvgIpc) is 2.74. The first kappa shape index (κ1) is 22.0. The highest BCUT2D eigenvalue weighted by molar-refractivity contribution is 7.89. The van der Waals surface area contributed by atoms with Gasteiger partial charge in [-0.15, -0.1) is 0 Å². The van der Waals surface area contributed by atoms with Gasteiger partial charge in [-0.2, -0.15) is 0 Å². The van der Waals surface area contributed by atoms with Crippen molar-refractivity contribution >= 4 is 27.6 Å². The van der Waals surface area contributed by atoms with Crippen molar-refractivity contribution in [2.24, 2.45) is 11.8 Å². The highest BCUT2D eigenvalue weighted by atomic mass is 32.2. The van der Waals surface area contributed by atoms with Crippen molar-refractivity contribution in [1.82, 2.24) is 4.72 Å². The van der Waals surface area contributed by atoms with E-state index in [4.69, 9.17) is 0 Å². The summed E-state index contributed by atoms with van der Waals surface area (Å²) in [5.74, 6) is -2.52. The zero-order chi connectivity index (χ0) is 21.6. The van der Waals surface area contributed by atoms with E-state index in [1.165, 1.54) is 24.3 Å². The Kier molecular flexibility index (Phi) is 7.23. The summed E-state index contributed by atoms with van der Waals surface area (Å²) in [5.41, 5.74) is 1.48. The first-order chi connectivity index (χ1) is 14.4. The molecule has 0 aliphatic heterocycles. The van der Waals surface area contributed by atoms with Gasteiger partial charge in [-0.3, -0.25) is 9.59 Å². The molecular weight excluding hydrogens is 404 g/mol. The molecule has 0 unspecified atom stereocenters. The van der Waals surface area contributed by atoms with E-state index in [0.717, 1.165) is 18.4 Å². The normalized spacial score (nSPS) is 19.2. The fraction of sp³-hybridized carbons (Fsp3) is 0.364. The quantitative estimate of drug-likeness (QED) is 0.596. The molecule has 30 heavy (non-hydrogen) atoms. The molecule has 160 valence electrons. The lowest BCUT2D eigenvalue weighted by Gasteiger charge is -2.27. The molecule has 0 heterocycles. The van der Waals surface area contributed by atoms with Gasteiger partial charge in [0.15, 0.2) is 0 Å². The monoisotopic (exact) mass is 430 g/mol. The first-order valence-corrected chi connectivity index (χ1v) is 11.5. The van der Waals surface area contributed by atoms with Crippen molar-refractivity contribution in [3.8, 4) is 0 Å². The number of benzene rings is 2. The average molecular weight is 431 g/mol. The largest absolute Gasteiger partial charge is 0.481 e. The predicted octanol–water partition coefficient (Wildman–Crippen LogP) is 3.04. The van der Waals surface area contributed by atoms with Crippen molar-refractivity contribution in [1.29, 1.82) is 0 Å². The zero-order valence-electron chi connectivity index (χ0n) is 16.6. The van der Waals surface area contributed by atoms with Gasteiger partial charge < -0.3 is 10.4 Å². The van der Waals surface area contributed by atoms with Gasteiger partial charge in [-0.1, -0.05) is 43.2 Å². The summed E-state index contributed by atoms with van der Waals surface area (Å²) in [6.07, 6.45) is 3.26. The van der Waals surface area contributed by atoms with Crippen LogP contribution >= 0.6 is 0 Å². The number of hydrogen-bond donors (Lipinski definition) is 3. The molecule has 0 spiro atoms. The van der Waals surface area contributed by atoms with E-state index in [0.29, 0.717) is 24.9 Å². The minimum atomic E-state index is -3.66. The second-order valence-corrected chi connectivity index (χ2v) is 9.25. The van der Waals surface area contributed by atoms with Gasteiger partial charge in [0.2, 0.25) is 15.9 Å². The van der Waals surface area contributed by atoms with E-state index in [1.807, 2.05) is 30.3 Å². The van der Waals surface area contributed by atoms with Crippen LogP contribution in [0.1, 0.15) is 31.2 Å². The Morgan fingerprint density at radius 3 is 2.20 bits per heavy atom. The molecule has 2 aromatic rings. The second-order valence-electron chi connectivity index (χ2n) is 7.48. The van der Waals surface area contributed by atoms with Crippen LogP contribution in [0.15, 0.2) is 59.5 Å². The third-order valence-electron chi connectivity index (χ3n) is 5.40. The molecule has 3 N–H and O–H groups in total. The molecular formula is C22H26N2O5S. The highest BCUT2D eigenvalue weighted by Crippen LogP contribution is 2.31. The van der Waals surface area contributed by atoms with Gasteiger partial charge in [0, 0.05) is 12.2 Å². The number of carboxylic acids is 1. The maximum Gasteiger partial charge on any atom is 0.307 e. The summed E-state index contributed by atoms with van der Waals surface area (Å²) in [5, 5.41) is 12.1. The summed E-state index contributed by atoms with van der Waals surface area (Å²) >= 11 is 0. The highest BCUT2D eigenvalue weighted by Gasteiger charge is 2.35. The van der Waals surface area contributed by atoms with Crippen molar-refractivity contribution < 1.29 is 23.1 Å². The zero-order valence-corrected chi connectivity index (χ0v) is 17.4. The van der Waals surface area contributed by atoms with E-state index in [1.54, 1.807) is 0 Å². The van der Waals surface area contributed by atoms with E-state index >= 15 is 0 Å². The number of nitrogens with one attached hydrogen (secondary N) is 2. The standard InChI is InChI=1S/C22H26N2O5S/c25-21(19-8-4-5-9-20(19)22(26)27)24-17-10-12-18(13-11-17)30(28,29)23-15-14-16-6-2-1-3-7-16/h1-3,6-7,10-13,19-20,23H,4-5,8-9,14-15H2,(H,24,25)(H,26,27)/t19-,20+/m0/s1. The van der Waals surface area contributed by atoms with Gasteiger partial charge in [0.1, 0.15) is 0 Å². The molecule has 1 saturated carbocycles. The molecule has 1 aliphatic rings. The number of carbonyl (C=O) groups excluding carboxylic acids is 1. The fourth-order valence-electron chi connectivity index (χ4n) is 3.75. The van der Waals surface area contributed by atoms with Crippen LogP contribution in [0, 0.1) is 11.8 Å². The summed E-state index contributed by atoms with van der Waals surface area (Å²) in [6, 6.07) is 15.5. The minimum Gasteiger partial charge on any atom is -0.481 e. The number of aliphatic carboxylic acids is 1. The number of carbonyl (C=O) groups is 2. The Bertz CT molecular complexity index is 974. The van der Waals surface area contributed by atoms with Crippen LogP contribution in [0.3, 0.4) is 0 Å². The third-order valence-corrected chi connectivity index (χ3v) is 6.88. The van der Waals surface area contributed by atoms with Gasteiger partial charge in [-0.25, -0.2) is 13.1 Å². The van der Waals surface area contributed by atoms with Crippen LogP contribution in [-0.2, 0) is 26.0 Å². The first-order valence-electron chi connectivity index (χ1n) is 10.0. The van der Waals surface area contributed by atoms with E-state index in [9.17, 15) is 23.1 Å². The minimum absolute atomic E-state index is 0.106. The lowest BCUT2D eigenvalue weighted by Crippen LogP contribution is -2.36. The van der Waals surface area contributed by atoms with E-state index in [-0.39, 0.29) is 17.3 Å². The maximum absolute atomic E-state index is 12.5. The van der Waals surface area contributed by atoms with Crippen LogP contribution in [-0.4, -0.2) is 31.9 Å². The summed E-state index contributed by atoms with van der Waals surface area (Å²) in [4.78, 5) is 24.0. The van der Waals surface area contributed by atoms with Crippen LogP contribution in [0.5, 0.6) is 0 Å². The molecule has 1 aliphatic carbocycles. The van der Waals surface area contributed by atoms with Gasteiger partial charge >= 0.3 is 5.97 Å². The molecule has 0 saturated heterocycles. The molecule has 2 atom stereocenters. The Morgan fingerprint density at radius 2 is 1.57 bits per heavy atom. The predicted molar refractivity (Wildman–Crippen MR) is 113 cm³/mol. The van der Waals surface area contributed by atoms with E-state index < -0.39 is 27.8 Å². The molecule has 1 amide bonds. The lowest BCUT2D eigenvalue weighted by atomic mass is 9.78. The topological polar surface area (TPSA) is 113 Å². The Morgan fingerprint density at radius 1 is 0.933 bits per heavy atom. The molecule has 0 radical (unpaired) electrons. The number of rotatable bonds is 8. The van der Waals surface area contributed by atoms with E-state index in [2.05, 4.69) is 10.0 Å². The molecule has 7 nitrogen and oxygen atoms in total. The lowest BCUT2D eigenvalue weighted by molar-refractivity contribution is -0.147. The Labute approximate surface area is 176 Å². The fourth-order valence-corrected chi connectivity index (χ4v) is 4.78. The summed E-state index contributed by atoms with van der Waals surface area (Å²) in [7, 11) is -3.66. The smallest absolute Gasteiger partial charge is 0.307 e. The van der Waals surface area contributed by atoms with Gasteiger partial charge in [-0.05, 0) is 49.1 Å². The molecule has 0 bridgehead atoms. The maximum atomic E-state index is 12.5. The molecule has 1 fully saturated rings. The van der Waals surface area contributed by atoms with Gasteiger partial charge in [0.05, 0.1) is 16.7 Å². The Balaban J connectivity index is 1.58. The summed E-state index contributed by atoms with van der Waals surface area (Å²) < 4.78 is 27.5. The second kappa shape index (κ2) is 9.86. The van der Waals surface area contributed by atoms with Crippen LogP contribution < -0.4 is 10.0 Å². The number of amides is 1. The number of carboxylic acid groups (broad SMARTS) is 1. The molecule has 0 aromatic heterocycles. The van der Waals surface area contributed by atoms with Crippen LogP contribution in [0.2, 0.25) is 0 Å². The molecule has 3 rings (SSSR count). The molecule has 2 aromatic carbocycles. The number of hydrogen-bond acceptors (Lipinski definition) is 4. The van der Waals surface area contributed by atoms with Crippen LogP contribution in [0.4, 0.5) is 5.69 Å². The van der Waals surface area contributed by atoms with Crippen molar-refractivity contribution in [3.05, 3.63) is 60.2 Å². The third kappa shape index (κ3) is 5.67. The van der Waals surface area contributed by atoms with Crippen molar-refractivity contribution in [2.75, 3.05) is 11.9 Å². The molecule has 8 heteroatoms. The van der Waals surface area contributed by atoms with Crippen molar-refractivity contribution in [2.45, 2.75) is 37.0 Å². The van der Waals surface area contributed by atoms with Crippen LogP contribution in [0.25, 0.3) is 0 Å². The van der Waals surface area contributed by atoms with Gasteiger partial charge in [0.25, 0.3) is 0 Å². The van der Waals surface area contributed by atoms with Crippen molar-refractivity contribution in [3.63, 3.8) is 0 Å². The number of anilines is 1.